The third-order valence-corrected chi connectivity index (χ3v) is 5.93. The van der Waals surface area contributed by atoms with Gasteiger partial charge in [-0.25, -0.2) is 4.79 Å². The fraction of sp³-hybridized carbons (Fsp3) is 0.579. The van der Waals surface area contributed by atoms with E-state index in [9.17, 15) is 9.59 Å². The number of nitrogens with zero attached hydrogens (tertiary/aromatic N) is 2. The van der Waals surface area contributed by atoms with Gasteiger partial charge in [0.05, 0.1) is 0 Å². The van der Waals surface area contributed by atoms with Crippen LogP contribution < -0.4 is 15.5 Å². The van der Waals surface area contributed by atoms with Gasteiger partial charge in [0.2, 0.25) is 0 Å². The Kier molecular flexibility index (Phi) is 5.73. The van der Waals surface area contributed by atoms with Crippen molar-refractivity contribution in [1.29, 1.82) is 0 Å². The molecular weight excluding hydrogens is 352 g/mol. The van der Waals surface area contributed by atoms with Crippen LogP contribution in [-0.4, -0.2) is 56.1 Å². The maximum absolute atomic E-state index is 12.9. The molecule has 3 fully saturated rings. The predicted octanol–water partition coefficient (Wildman–Crippen LogP) is 2.24. The van der Waals surface area contributed by atoms with E-state index in [4.69, 9.17) is 0 Å². The van der Waals surface area contributed by atoms with Gasteiger partial charge < -0.3 is 15.5 Å². The van der Waals surface area contributed by atoms with E-state index in [1.165, 1.54) is 6.42 Å². The third-order valence-electron chi connectivity index (χ3n) is 5.93. The van der Waals surface area contributed by atoms with E-state index in [0.717, 1.165) is 57.7 Å². The van der Waals surface area contributed by atoms with Crippen molar-refractivity contribution >= 4 is 30.0 Å². The van der Waals surface area contributed by atoms with E-state index in [1.54, 1.807) is 4.90 Å². The van der Waals surface area contributed by atoms with Crippen LogP contribution in [0.2, 0.25) is 0 Å². The van der Waals surface area contributed by atoms with E-state index < -0.39 is 0 Å². The standard InChI is InChI=1S/C19H26N4O2.ClH/c24-17(22-11-6-19(7-12-22)5-9-20-14-19)15-3-1-4-16(13-15)23-10-2-8-21-18(23)25;/h1,3-4,13,20H,2,5-12,14H2,(H,21,25);1H. The molecular formula is C19H27ClN4O2. The van der Waals surface area contributed by atoms with Crippen molar-refractivity contribution in [3.63, 3.8) is 0 Å². The second kappa shape index (κ2) is 7.84. The molecule has 3 amide bonds. The highest BCUT2D eigenvalue weighted by molar-refractivity contribution is 5.98. The topological polar surface area (TPSA) is 64.7 Å². The van der Waals surface area contributed by atoms with E-state index in [1.807, 2.05) is 29.2 Å². The molecule has 3 aliphatic heterocycles. The van der Waals surface area contributed by atoms with Gasteiger partial charge in [0.15, 0.2) is 0 Å². The monoisotopic (exact) mass is 378 g/mol. The van der Waals surface area contributed by atoms with E-state index >= 15 is 0 Å². The molecule has 0 saturated carbocycles. The zero-order chi connectivity index (χ0) is 17.3. The quantitative estimate of drug-likeness (QED) is 0.829. The van der Waals surface area contributed by atoms with Gasteiger partial charge in [-0.05, 0) is 55.8 Å². The zero-order valence-corrected chi connectivity index (χ0v) is 15.8. The van der Waals surface area contributed by atoms with Crippen LogP contribution in [0.15, 0.2) is 24.3 Å². The summed E-state index contributed by atoms with van der Waals surface area (Å²) in [6, 6.07) is 7.40. The summed E-state index contributed by atoms with van der Waals surface area (Å²) in [6.07, 6.45) is 4.32. The SMILES string of the molecule is Cl.O=C(c1cccc(N2CCCNC2=O)c1)N1CCC2(CCNC2)CC1. The van der Waals surface area contributed by atoms with E-state index in [0.29, 0.717) is 17.5 Å². The van der Waals surface area contributed by atoms with Gasteiger partial charge in [-0.3, -0.25) is 9.69 Å². The zero-order valence-electron chi connectivity index (χ0n) is 15.0. The lowest BCUT2D eigenvalue weighted by Crippen LogP contribution is -2.46. The molecule has 0 radical (unpaired) electrons. The number of hydrogen-bond donors (Lipinski definition) is 2. The minimum Gasteiger partial charge on any atom is -0.339 e. The van der Waals surface area contributed by atoms with Crippen LogP contribution in [0, 0.1) is 5.41 Å². The first-order chi connectivity index (χ1) is 12.2. The maximum atomic E-state index is 12.9. The summed E-state index contributed by atoms with van der Waals surface area (Å²) in [5.41, 5.74) is 1.89. The molecule has 7 heteroatoms. The van der Waals surface area contributed by atoms with Crippen LogP contribution in [0.3, 0.4) is 0 Å². The van der Waals surface area contributed by atoms with Crippen molar-refractivity contribution in [3.8, 4) is 0 Å². The van der Waals surface area contributed by atoms with E-state index in [2.05, 4.69) is 10.6 Å². The van der Waals surface area contributed by atoms with Crippen molar-refractivity contribution in [1.82, 2.24) is 15.5 Å². The second-order valence-electron chi connectivity index (χ2n) is 7.51. The number of benzene rings is 1. The van der Waals surface area contributed by atoms with Crippen molar-refractivity contribution < 1.29 is 9.59 Å². The van der Waals surface area contributed by atoms with Gasteiger partial charge in [-0.15, -0.1) is 12.4 Å². The molecule has 0 atom stereocenters. The van der Waals surface area contributed by atoms with Crippen LogP contribution >= 0.6 is 12.4 Å². The molecule has 3 heterocycles. The minimum atomic E-state index is -0.0792. The summed E-state index contributed by atoms with van der Waals surface area (Å²) in [7, 11) is 0. The lowest BCUT2D eigenvalue weighted by atomic mass is 9.78. The number of anilines is 1. The summed E-state index contributed by atoms with van der Waals surface area (Å²) >= 11 is 0. The average molecular weight is 379 g/mol. The van der Waals surface area contributed by atoms with Crippen LogP contribution in [0.1, 0.15) is 36.0 Å². The number of hydrogen-bond acceptors (Lipinski definition) is 3. The summed E-state index contributed by atoms with van der Waals surface area (Å²) in [4.78, 5) is 28.6. The number of amides is 3. The first-order valence-electron chi connectivity index (χ1n) is 9.32. The smallest absolute Gasteiger partial charge is 0.321 e. The molecule has 0 bridgehead atoms. The summed E-state index contributed by atoms with van der Waals surface area (Å²) < 4.78 is 0. The number of piperidine rings is 1. The lowest BCUT2D eigenvalue weighted by molar-refractivity contribution is 0.0607. The number of nitrogens with one attached hydrogen (secondary N) is 2. The second-order valence-corrected chi connectivity index (χ2v) is 7.51. The first-order valence-corrected chi connectivity index (χ1v) is 9.32. The molecule has 0 unspecified atom stereocenters. The third kappa shape index (κ3) is 3.67. The molecule has 3 aliphatic rings. The number of rotatable bonds is 2. The minimum absolute atomic E-state index is 0. The number of urea groups is 1. The molecule has 1 aromatic rings. The molecule has 1 aromatic carbocycles. The summed E-state index contributed by atoms with van der Waals surface area (Å²) in [6.45, 7) is 5.27. The Balaban J connectivity index is 0.00000196. The van der Waals surface area contributed by atoms with Crippen molar-refractivity contribution in [2.24, 2.45) is 5.41 Å². The molecule has 1 spiro atoms. The Hall–Kier alpha value is -1.79. The highest BCUT2D eigenvalue weighted by Gasteiger charge is 2.38. The maximum Gasteiger partial charge on any atom is 0.321 e. The number of likely N-dealkylation sites (tertiary alicyclic amines) is 1. The van der Waals surface area contributed by atoms with Gasteiger partial charge in [-0.1, -0.05) is 6.07 Å². The highest BCUT2D eigenvalue weighted by Crippen LogP contribution is 2.37. The van der Waals surface area contributed by atoms with Crippen LogP contribution in [0.5, 0.6) is 0 Å². The Bertz CT molecular complexity index is 665. The molecule has 142 valence electrons. The highest BCUT2D eigenvalue weighted by atomic mass is 35.5. The lowest BCUT2D eigenvalue weighted by Gasteiger charge is -2.39. The molecule has 26 heavy (non-hydrogen) atoms. The summed E-state index contributed by atoms with van der Waals surface area (Å²) in [5, 5.41) is 6.32. The van der Waals surface area contributed by atoms with Gasteiger partial charge in [0, 0.05) is 44.0 Å². The number of carbonyl (C=O) groups is 2. The summed E-state index contributed by atoms with van der Waals surface area (Å²) in [5.74, 6) is 0.0834. The Labute approximate surface area is 160 Å². The number of halogens is 1. The van der Waals surface area contributed by atoms with Gasteiger partial charge >= 0.3 is 6.03 Å². The van der Waals surface area contributed by atoms with Crippen LogP contribution in [0.4, 0.5) is 10.5 Å². The molecule has 0 aliphatic carbocycles. The van der Waals surface area contributed by atoms with Crippen molar-refractivity contribution in [2.75, 3.05) is 44.2 Å². The van der Waals surface area contributed by atoms with E-state index in [-0.39, 0.29) is 24.3 Å². The van der Waals surface area contributed by atoms with Crippen LogP contribution in [-0.2, 0) is 0 Å². The molecule has 4 rings (SSSR count). The largest absolute Gasteiger partial charge is 0.339 e. The number of carbonyl (C=O) groups excluding carboxylic acids is 2. The first kappa shape index (κ1) is 19.0. The molecule has 0 aromatic heterocycles. The molecule has 3 saturated heterocycles. The molecule has 2 N–H and O–H groups in total. The Morgan fingerprint density at radius 1 is 1.08 bits per heavy atom. The Morgan fingerprint density at radius 3 is 2.58 bits per heavy atom. The van der Waals surface area contributed by atoms with Gasteiger partial charge in [0.25, 0.3) is 5.91 Å². The predicted molar refractivity (Wildman–Crippen MR) is 104 cm³/mol. The fourth-order valence-electron chi connectivity index (χ4n) is 4.27. The van der Waals surface area contributed by atoms with Crippen LogP contribution in [0.25, 0.3) is 0 Å². The van der Waals surface area contributed by atoms with Gasteiger partial charge in [0.1, 0.15) is 0 Å². The average Bonchev–Trinajstić information content (AvgIpc) is 3.10. The van der Waals surface area contributed by atoms with Gasteiger partial charge in [-0.2, -0.15) is 0 Å². The Morgan fingerprint density at radius 2 is 1.88 bits per heavy atom. The van der Waals surface area contributed by atoms with Crippen molar-refractivity contribution in [2.45, 2.75) is 25.7 Å². The fourth-order valence-corrected chi connectivity index (χ4v) is 4.27. The van der Waals surface area contributed by atoms with Crippen molar-refractivity contribution in [3.05, 3.63) is 29.8 Å². The normalized spacial score (nSPS) is 22.1. The molecule has 6 nitrogen and oxygen atoms in total.